The third-order valence-corrected chi connectivity index (χ3v) is 8.72. The highest BCUT2D eigenvalue weighted by Crippen LogP contribution is 2.33. The zero-order valence-corrected chi connectivity index (χ0v) is 23.3. The van der Waals surface area contributed by atoms with Crippen LogP contribution in [0, 0.1) is 0 Å². The first-order valence-electron chi connectivity index (χ1n) is 14.7. The average molecular weight is 554 g/mol. The smallest absolute Gasteiger partial charge is 0.306 e. The van der Waals surface area contributed by atoms with Gasteiger partial charge in [-0.25, -0.2) is 14.8 Å². The van der Waals surface area contributed by atoms with Crippen molar-refractivity contribution in [1.29, 1.82) is 0 Å². The van der Waals surface area contributed by atoms with Gasteiger partial charge in [0.25, 0.3) is 0 Å². The Hall–Kier alpha value is -4.82. The Bertz CT molecular complexity index is 1990. The van der Waals surface area contributed by atoms with E-state index in [2.05, 4.69) is 68.6 Å². The molecule has 0 atom stereocenters. The summed E-state index contributed by atoms with van der Waals surface area (Å²) >= 11 is 0. The topological polar surface area (TPSA) is 95.5 Å². The molecule has 1 fully saturated rings. The number of aromatic amines is 2. The van der Waals surface area contributed by atoms with Gasteiger partial charge in [0.1, 0.15) is 0 Å². The van der Waals surface area contributed by atoms with E-state index in [1.165, 1.54) is 11.3 Å². The summed E-state index contributed by atoms with van der Waals surface area (Å²) in [5.74, 6) is 0. The van der Waals surface area contributed by atoms with Crippen LogP contribution in [-0.4, -0.2) is 47.7 Å². The summed E-state index contributed by atoms with van der Waals surface area (Å²) in [5, 5.41) is 8.24. The van der Waals surface area contributed by atoms with E-state index in [1.54, 1.807) is 0 Å². The van der Waals surface area contributed by atoms with Crippen molar-refractivity contribution in [3.05, 3.63) is 106 Å². The van der Waals surface area contributed by atoms with Crippen molar-refractivity contribution in [1.82, 2.24) is 34.6 Å². The van der Waals surface area contributed by atoms with Crippen molar-refractivity contribution in [2.24, 2.45) is 0 Å². The van der Waals surface area contributed by atoms with Gasteiger partial charge >= 0.3 is 5.69 Å². The molecule has 0 unspecified atom stereocenters. The molecule has 8 rings (SSSR count). The Kier molecular flexibility index (Phi) is 6.07. The van der Waals surface area contributed by atoms with Crippen LogP contribution in [-0.2, 0) is 13.0 Å². The molecular formula is C34H31N7O. The number of likely N-dealkylation sites (tertiary alicyclic amines) is 1. The maximum absolute atomic E-state index is 12.7. The van der Waals surface area contributed by atoms with Gasteiger partial charge in [-0.15, -0.1) is 0 Å². The maximum atomic E-state index is 12.7. The molecule has 0 amide bonds. The molecule has 0 radical (unpaired) electrons. The lowest BCUT2D eigenvalue weighted by molar-refractivity contribution is 0.176. The molecular weight excluding hydrogens is 522 g/mol. The summed E-state index contributed by atoms with van der Waals surface area (Å²) in [6.07, 6.45) is 9.94. The number of rotatable bonds is 5. The van der Waals surface area contributed by atoms with Crippen LogP contribution < -0.4 is 5.69 Å². The quantitative estimate of drug-likeness (QED) is 0.268. The lowest BCUT2D eigenvalue weighted by atomic mass is 10.0. The normalized spacial score (nSPS) is 15.9. The Morgan fingerprint density at radius 2 is 1.62 bits per heavy atom. The Labute approximate surface area is 242 Å². The molecule has 0 spiro atoms. The van der Waals surface area contributed by atoms with Gasteiger partial charge < -0.3 is 4.98 Å². The summed E-state index contributed by atoms with van der Waals surface area (Å²) in [4.78, 5) is 28.5. The molecule has 8 nitrogen and oxygen atoms in total. The van der Waals surface area contributed by atoms with Crippen molar-refractivity contribution >= 4 is 28.0 Å². The summed E-state index contributed by atoms with van der Waals surface area (Å²) < 4.78 is 2.04. The van der Waals surface area contributed by atoms with Crippen LogP contribution in [0.2, 0.25) is 0 Å². The van der Waals surface area contributed by atoms with Crippen LogP contribution in [0.1, 0.15) is 42.3 Å². The number of imidazole rings is 1. The lowest BCUT2D eigenvalue weighted by Crippen LogP contribution is -2.37. The average Bonchev–Trinajstić information content (AvgIpc) is 3.63. The zero-order chi connectivity index (χ0) is 28.0. The summed E-state index contributed by atoms with van der Waals surface area (Å²) in [6, 6.07) is 23.3. The molecule has 2 aliphatic rings. The number of allylic oxidation sites excluding steroid dienone is 1. The first-order chi connectivity index (χ1) is 20.7. The number of piperidine rings is 1. The number of benzene rings is 3. The minimum absolute atomic E-state index is 0.0430. The third-order valence-electron chi connectivity index (χ3n) is 8.72. The molecule has 3 aromatic carbocycles. The Morgan fingerprint density at radius 3 is 2.40 bits per heavy atom. The molecule has 0 bridgehead atoms. The van der Waals surface area contributed by atoms with Gasteiger partial charge in [-0.2, -0.15) is 5.10 Å². The standard InChI is InChI=1S/C34H31N7O/c42-34-38-27-8-4-5-9-31(27)41(34)26-14-16-40(17-15-26)21-22-10-12-24(13-11-22)33-32(23-6-2-1-3-7-23)37-30-19-28-25(20-35-39-28)18-29(30)36-33/h1-4,6-8,10-13,18-20,26H,5,9,14-17,21H2,(H,35,39)(H,38,42). The lowest BCUT2D eigenvalue weighted by Gasteiger charge is -2.33. The monoisotopic (exact) mass is 553 g/mol. The van der Waals surface area contributed by atoms with Gasteiger partial charge in [-0.05, 0) is 49.5 Å². The van der Waals surface area contributed by atoms with Crippen molar-refractivity contribution in [3.8, 4) is 22.5 Å². The second kappa shape index (κ2) is 10.2. The third kappa shape index (κ3) is 4.44. The molecule has 42 heavy (non-hydrogen) atoms. The highest BCUT2D eigenvalue weighted by Gasteiger charge is 2.26. The first-order valence-corrected chi connectivity index (χ1v) is 14.7. The minimum Gasteiger partial charge on any atom is -0.306 e. The summed E-state index contributed by atoms with van der Waals surface area (Å²) in [6.45, 7) is 2.85. The molecule has 3 aromatic heterocycles. The Balaban J connectivity index is 1.04. The number of nitrogens with one attached hydrogen (secondary N) is 2. The van der Waals surface area contributed by atoms with Crippen molar-refractivity contribution in [3.63, 3.8) is 0 Å². The largest absolute Gasteiger partial charge is 0.326 e. The number of fused-ring (bicyclic) bond motifs is 3. The number of hydrogen-bond acceptors (Lipinski definition) is 5. The van der Waals surface area contributed by atoms with E-state index in [0.717, 1.165) is 95.5 Å². The van der Waals surface area contributed by atoms with Gasteiger partial charge in [0, 0.05) is 47.9 Å². The van der Waals surface area contributed by atoms with E-state index in [1.807, 2.05) is 41.1 Å². The minimum atomic E-state index is 0.0430. The second-order valence-corrected chi connectivity index (χ2v) is 11.4. The highest BCUT2D eigenvalue weighted by molar-refractivity contribution is 5.95. The van der Waals surface area contributed by atoms with Crippen LogP contribution in [0.25, 0.3) is 50.5 Å². The number of nitrogens with zero attached hydrogens (tertiary/aromatic N) is 5. The predicted molar refractivity (Wildman–Crippen MR) is 166 cm³/mol. The fourth-order valence-corrected chi connectivity index (χ4v) is 6.55. The van der Waals surface area contributed by atoms with Crippen molar-refractivity contribution in [2.75, 3.05) is 13.1 Å². The fraction of sp³-hybridized carbons (Fsp3) is 0.235. The van der Waals surface area contributed by atoms with E-state index in [-0.39, 0.29) is 11.7 Å². The number of H-pyrrole nitrogens is 2. The van der Waals surface area contributed by atoms with Gasteiger partial charge in [0.15, 0.2) is 0 Å². The highest BCUT2D eigenvalue weighted by atomic mass is 16.1. The van der Waals surface area contributed by atoms with E-state index < -0.39 is 0 Å². The number of hydrogen-bond donors (Lipinski definition) is 2. The van der Waals surface area contributed by atoms with Crippen LogP contribution in [0.4, 0.5) is 0 Å². The summed E-state index contributed by atoms with van der Waals surface area (Å²) in [5.41, 5.74) is 9.96. The molecule has 4 heterocycles. The zero-order valence-electron chi connectivity index (χ0n) is 23.3. The maximum Gasteiger partial charge on any atom is 0.326 e. The van der Waals surface area contributed by atoms with Gasteiger partial charge in [0.05, 0.1) is 39.8 Å². The van der Waals surface area contributed by atoms with E-state index in [9.17, 15) is 4.79 Å². The molecule has 6 aromatic rings. The number of aromatic nitrogens is 6. The predicted octanol–water partition coefficient (Wildman–Crippen LogP) is 6.13. The molecule has 2 N–H and O–H groups in total. The van der Waals surface area contributed by atoms with Crippen LogP contribution in [0.15, 0.2) is 83.8 Å². The molecule has 1 aliphatic carbocycles. The van der Waals surface area contributed by atoms with Crippen molar-refractivity contribution in [2.45, 2.75) is 38.3 Å². The molecule has 208 valence electrons. The molecule has 1 aliphatic heterocycles. The van der Waals surface area contributed by atoms with Gasteiger partial charge in [-0.1, -0.05) is 60.7 Å². The van der Waals surface area contributed by atoms with Crippen LogP contribution in [0.5, 0.6) is 0 Å². The summed E-state index contributed by atoms with van der Waals surface area (Å²) in [7, 11) is 0. The first kappa shape index (κ1) is 24.9. The van der Waals surface area contributed by atoms with Crippen LogP contribution in [0.3, 0.4) is 0 Å². The molecule has 8 heteroatoms. The SMILES string of the molecule is O=c1[nH]c2c(n1C1CCN(Cc3ccc(-c4nc5cc6cn[nH]c6cc5nc4-c4ccccc4)cc3)CC1)CCC=C2. The van der Waals surface area contributed by atoms with Crippen LogP contribution >= 0.6 is 0 Å². The van der Waals surface area contributed by atoms with Crippen molar-refractivity contribution < 1.29 is 0 Å². The second-order valence-electron chi connectivity index (χ2n) is 11.4. The Morgan fingerprint density at radius 1 is 0.881 bits per heavy atom. The molecule has 1 saturated heterocycles. The van der Waals surface area contributed by atoms with Gasteiger partial charge in [0.2, 0.25) is 0 Å². The molecule has 0 saturated carbocycles. The van der Waals surface area contributed by atoms with E-state index in [4.69, 9.17) is 9.97 Å². The van der Waals surface area contributed by atoms with Gasteiger partial charge in [-0.3, -0.25) is 14.6 Å². The fourth-order valence-electron chi connectivity index (χ4n) is 6.55. The van der Waals surface area contributed by atoms with E-state index >= 15 is 0 Å². The van der Waals surface area contributed by atoms with E-state index in [0.29, 0.717) is 0 Å².